The summed E-state index contributed by atoms with van der Waals surface area (Å²) < 4.78 is 1.95. The molecular formula is C14H16N4O3S. The molecule has 1 aliphatic heterocycles. The summed E-state index contributed by atoms with van der Waals surface area (Å²) in [6.45, 7) is 3.68. The van der Waals surface area contributed by atoms with Gasteiger partial charge in [-0.1, -0.05) is 0 Å². The second kappa shape index (κ2) is 5.90. The quantitative estimate of drug-likeness (QED) is 0.647. The van der Waals surface area contributed by atoms with Gasteiger partial charge in [0.1, 0.15) is 5.69 Å². The van der Waals surface area contributed by atoms with Crippen LogP contribution < -0.4 is 5.48 Å². The van der Waals surface area contributed by atoms with Gasteiger partial charge in [-0.15, -0.1) is 11.3 Å². The molecule has 0 spiro atoms. The molecule has 8 heteroatoms. The zero-order valence-corrected chi connectivity index (χ0v) is 12.9. The highest BCUT2D eigenvalue weighted by molar-refractivity contribution is 7.09. The van der Waals surface area contributed by atoms with E-state index in [0.717, 1.165) is 23.7 Å². The number of hydrogen-bond acceptors (Lipinski definition) is 5. The summed E-state index contributed by atoms with van der Waals surface area (Å²) in [4.78, 5) is 30.0. The molecule has 116 valence electrons. The van der Waals surface area contributed by atoms with E-state index in [1.54, 1.807) is 28.0 Å². The van der Waals surface area contributed by atoms with Crippen molar-refractivity contribution < 1.29 is 14.8 Å². The van der Waals surface area contributed by atoms with Crippen LogP contribution in [-0.4, -0.2) is 38.0 Å². The predicted octanol–water partition coefficient (Wildman–Crippen LogP) is 1.42. The first kappa shape index (κ1) is 14.7. The van der Waals surface area contributed by atoms with Gasteiger partial charge in [-0.25, -0.2) is 10.5 Å². The van der Waals surface area contributed by atoms with Crippen molar-refractivity contribution in [3.8, 4) is 0 Å². The van der Waals surface area contributed by atoms with Gasteiger partial charge in [0.05, 0.1) is 17.1 Å². The maximum absolute atomic E-state index is 12.5. The Bertz CT molecular complexity index is 721. The second-order valence-electron chi connectivity index (χ2n) is 5.19. The molecule has 0 radical (unpaired) electrons. The normalized spacial score (nSPS) is 14.4. The van der Waals surface area contributed by atoms with E-state index in [-0.39, 0.29) is 5.91 Å². The van der Waals surface area contributed by atoms with Crippen molar-refractivity contribution in [2.75, 3.05) is 6.54 Å². The molecule has 0 aromatic carbocycles. The Morgan fingerprint density at radius 3 is 2.91 bits per heavy atom. The third-order valence-corrected chi connectivity index (χ3v) is 4.43. The molecule has 0 saturated heterocycles. The number of aromatic nitrogens is 2. The molecule has 2 amide bonds. The van der Waals surface area contributed by atoms with Gasteiger partial charge in [0.15, 0.2) is 0 Å². The van der Waals surface area contributed by atoms with E-state index in [1.165, 1.54) is 11.3 Å². The standard InChI is InChI=1S/C14H16N4O3S/c1-9-15-12(8-22-9)14(20)18-4-2-3-17-6-10(13(19)16-21)5-11(17)7-18/h5-6,8,21H,2-4,7H2,1H3,(H,16,19). The molecular weight excluding hydrogens is 304 g/mol. The van der Waals surface area contributed by atoms with E-state index in [0.29, 0.717) is 24.3 Å². The van der Waals surface area contributed by atoms with E-state index in [2.05, 4.69) is 4.98 Å². The Morgan fingerprint density at radius 2 is 2.23 bits per heavy atom. The number of carbonyl (C=O) groups is 2. The number of fused-ring (bicyclic) bond motifs is 1. The first-order valence-corrected chi connectivity index (χ1v) is 7.81. The van der Waals surface area contributed by atoms with Crippen LogP contribution >= 0.6 is 11.3 Å². The Balaban J connectivity index is 1.83. The number of nitrogens with one attached hydrogen (secondary N) is 1. The van der Waals surface area contributed by atoms with Gasteiger partial charge in [-0.2, -0.15) is 0 Å². The molecule has 0 bridgehead atoms. The van der Waals surface area contributed by atoms with Gasteiger partial charge in [-0.3, -0.25) is 14.8 Å². The molecule has 2 aromatic rings. The summed E-state index contributed by atoms with van der Waals surface area (Å²) in [5, 5.41) is 11.4. The molecule has 3 rings (SSSR count). The van der Waals surface area contributed by atoms with Crippen LogP contribution in [0.2, 0.25) is 0 Å². The van der Waals surface area contributed by atoms with Crippen molar-refractivity contribution in [3.63, 3.8) is 0 Å². The molecule has 0 atom stereocenters. The molecule has 1 aliphatic rings. The second-order valence-corrected chi connectivity index (χ2v) is 6.25. The maximum Gasteiger partial charge on any atom is 0.276 e. The van der Waals surface area contributed by atoms with Gasteiger partial charge < -0.3 is 9.47 Å². The minimum atomic E-state index is -0.548. The number of rotatable bonds is 2. The number of amides is 2. The minimum absolute atomic E-state index is 0.0906. The molecule has 22 heavy (non-hydrogen) atoms. The third-order valence-electron chi connectivity index (χ3n) is 3.65. The summed E-state index contributed by atoms with van der Waals surface area (Å²) in [7, 11) is 0. The lowest BCUT2D eigenvalue weighted by molar-refractivity contribution is 0.0706. The van der Waals surface area contributed by atoms with Crippen LogP contribution in [0.4, 0.5) is 0 Å². The van der Waals surface area contributed by atoms with Crippen molar-refractivity contribution in [1.29, 1.82) is 0 Å². The van der Waals surface area contributed by atoms with Crippen molar-refractivity contribution in [1.82, 2.24) is 19.9 Å². The molecule has 3 heterocycles. The van der Waals surface area contributed by atoms with Crippen LogP contribution in [-0.2, 0) is 13.1 Å². The molecule has 0 aliphatic carbocycles. The predicted molar refractivity (Wildman–Crippen MR) is 79.9 cm³/mol. The number of carbonyl (C=O) groups excluding carboxylic acids is 2. The molecule has 2 N–H and O–H groups in total. The average Bonchev–Trinajstić information content (AvgIpc) is 3.07. The smallest absolute Gasteiger partial charge is 0.276 e. The number of aryl methyl sites for hydroxylation is 2. The third kappa shape index (κ3) is 2.75. The lowest BCUT2D eigenvalue weighted by Gasteiger charge is -2.18. The molecule has 2 aromatic heterocycles. The fourth-order valence-electron chi connectivity index (χ4n) is 2.59. The van der Waals surface area contributed by atoms with Crippen molar-refractivity contribution >= 4 is 23.2 Å². The highest BCUT2D eigenvalue weighted by atomic mass is 32.1. The Morgan fingerprint density at radius 1 is 1.41 bits per heavy atom. The largest absolute Gasteiger partial charge is 0.349 e. The highest BCUT2D eigenvalue weighted by Crippen LogP contribution is 2.19. The van der Waals surface area contributed by atoms with Crippen molar-refractivity contribution in [2.45, 2.75) is 26.4 Å². The lowest BCUT2D eigenvalue weighted by Crippen LogP contribution is -2.31. The van der Waals surface area contributed by atoms with Gasteiger partial charge in [-0.05, 0) is 19.4 Å². The number of hydroxylamine groups is 1. The van der Waals surface area contributed by atoms with Crippen LogP contribution in [0.1, 0.15) is 38.0 Å². The van der Waals surface area contributed by atoms with Crippen molar-refractivity contribution in [3.05, 3.63) is 39.6 Å². The van der Waals surface area contributed by atoms with Crippen LogP contribution in [0.5, 0.6) is 0 Å². The summed E-state index contributed by atoms with van der Waals surface area (Å²) in [5.41, 5.74) is 3.35. The number of nitrogens with zero attached hydrogens (tertiary/aromatic N) is 3. The molecule has 7 nitrogen and oxygen atoms in total. The van der Waals surface area contributed by atoms with E-state index in [1.807, 2.05) is 11.5 Å². The fourth-order valence-corrected chi connectivity index (χ4v) is 3.17. The first-order valence-electron chi connectivity index (χ1n) is 6.93. The summed E-state index contributed by atoms with van der Waals surface area (Å²) in [6.07, 6.45) is 2.50. The minimum Gasteiger partial charge on any atom is -0.349 e. The zero-order chi connectivity index (χ0) is 15.7. The van der Waals surface area contributed by atoms with Crippen molar-refractivity contribution in [2.24, 2.45) is 0 Å². The van der Waals surface area contributed by atoms with Gasteiger partial charge in [0, 0.05) is 30.4 Å². The van der Waals surface area contributed by atoms with Crippen LogP contribution in [0.15, 0.2) is 17.6 Å². The lowest BCUT2D eigenvalue weighted by atomic mass is 10.2. The first-order chi connectivity index (χ1) is 10.6. The van der Waals surface area contributed by atoms with E-state index >= 15 is 0 Å². The summed E-state index contributed by atoms with van der Waals surface area (Å²) in [5.74, 6) is -0.638. The number of thiazole rings is 1. The Labute approximate surface area is 131 Å². The van der Waals surface area contributed by atoms with E-state index in [9.17, 15) is 9.59 Å². The SMILES string of the molecule is Cc1nc(C(=O)N2CCCn3cc(C(=O)NO)cc3C2)cs1. The topological polar surface area (TPSA) is 87.5 Å². The van der Waals surface area contributed by atoms with Crippen LogP contribution in [0.3, 0.4) is 0 Å². The molecule has 0 unspecified atom stereocenters. The van der Waals surface area contributed by atoms with Crippen LogP contribution in [0.25, 0.3) is 0 Å². The average molecular weight is 320 g/mol. The molecule has 0 fully saturated rings. The molecule has 0 saturated carbocycles. The summed E-state index contributed by atoms with van der Waals surface area (Å²) >= 11 is 1.45. The Kier molecular flexibility index (Phi) is 3.95. The van der Waals surface area contributed by atoms with E-state index < -0.39 is 5.91 Å². The monoisotopic (exact) mass is 320 g/mol. The fraction of sp³-hybridized carbons (Fsp3) is 0.357. The summed E-state index contributed by atoms with van der Waals surface area (Å²) in [6, 6.07) is 1.70. The Hall–Kier alpha value is -2.19. The van der Waals surface area contributed by atoms with Gasteiger partial charge in [0.25, 0.3) is 11.8 Å². The zero-order valence-electron chi connectivity index (χ0n) is 12.1. The number of hydrogen-bond donors (Lipinski definition) is 2. The van der Waals surface area contributed by atoms with Gasteiger partial charge in [0.2, 0.25) is 0 Å². The van der Waals surface area contributed by atoms with Gasteiger partial charge >= 0.3 is 0 Å². The van der Waals surface area contributed by atoms with Crippen LogP contribution in [0, 0.1) is 6.92 Å². The highest BCUT2D eigenvalue weighted by Gasteiger charge is 2.23. The maximum atomic E-state index is 12.5. The van der Waals surface area contributed by atoms with E-state index in [4.69, 9.17) is 5.21 Å².